The standard InChI is InChI=1S/C22H19N5OS/c23-11-18-10-19-20-9-17(12-25-22(20)26-21(19)13-24-18)16-3-1-15(2-4-16)14-27-5-7-29(28)8-6-27/h1-4,9-10,12-13H,5-8,14H2,(H,25,26). The largest absolute Gasteiger partial charge is 0.616 e. The monoisotopic (exact) mass is 401 g/mol. The lowest BCUT2D eigenvalue weighted by molar-refractivity contribution is 0.287. The van der Waals surface area contributed by atoms with Gasteiger partial charge in [0.25, 0.3) is 0 Å². The minimum absolute atomic E-state index is 0.398. The van der Waals surface area contributed by atoms with Crippen LogP contribution in [0.2, 0.25) is 0 Å². The van der Waals surface area contributed by atoms with E-state index in [9.17, 15) is 4.55 Å². The van der Waals surface area contributed by atoms with Crippen LogP contribution in [0.1, 0.15) is 11.3 Å². The quantitative estimate of drug-likeness (QED) is 0.532. The molecule has 1 fully saturated rings. The summed E-state index contributed by atoms with van der Waals surface area (Å²) in [7, 11) is 0. The number of nitriles is 1. The average molecular weight is 401 g/mol. The first-order valence-electron chi connectivity index (χ1n) is 9.54. The van der Waals surface area contributed by atoms with E-state index in [2.05, 4.69) is 56.3 Å². The highest BCUT2D eigenvalue weighted by Crippen LogP contribution is 2.29. The molecule has 4 heterocycles. The lowest BCUT2D eigenvalue weighted by Crippen LogP contribution is -2.39. The molecule has 5 rings (SSSR count). The molecule has 6 nitrogen and oxygen atoms in total. The summed E-state index contributed by atoms with van der Waals surface area (Å²) in [4.78, 5) is 14.3. The van der Waals surface area contributed by atoms with Crippen LogP contribution in [-0.4, -0.2) is 49.0 Å². The number of aromatic amines is 1. The number of pyridine rings is 2. The highest BCUT2D eigenvalue weighted by Gasteiger charge is 2.19. The first-order chi connectivity index (χ1) is 14.2. The van der Waals surface area contributed by atoms with Gasteiger partial charge in [0.05, 0.1) is 11.7 Å². The number of fused-ring (bicyclic) bond motifs is 3. The van der Waals surface area contributed by atoms with Crippen molar-refractivity contribution in [1.82, 2.24) is 19.9 Å². The Morgan fingerprint density at radius 1 is 1.03 bits per heavy atom. The number of hydrogen-bond acceptors (Lipinski definition) is 5. The molecule has 7 heteroatoms. The molecule has 0 saturated carbocycles. The van der Waals surface area contributed by atoms with E-state index in [1.165, 1.54) is 5.56 Å². The van der Waals surface area contributed by atoms with E-state index < -0.39 is 11.2 Å². The molecular formula is C22H19N5OS. The fraction of sp³-hybridized carbons (Fsp3) is 0.227. The molecule has 0 spiro atoms. The first-order valence-corrected chi connectivity index (χ1v) is 11.0. The molecule has 4 aromatic rings. The Labute approximate surface area is 171 Å². The molecule has 0 bridgehead atoms. The van der Waals surface area contributed by atoms with Crippen LogP contribution in [-0.2, 0) is 17.7 Å². The Hall–Kier alpha value is -2.92. The summed E-state index contributed by atoms with van der Waals surface area (Å²) in [6.45, 7) is 2.69. The summed E-state index contributed by atoms with van der Waals surface area (Å²) in [5.41, 5.74) is 5.46. The summed E-state index contributed by atoms with van der Waals surface area (Å²) in [6.07, 6.45) is 3.55. The van der Waals surface area contributed by atoms with Crippen molar-refractivity contribution in [2.45, 2.75) is 6.54 Å². The van der Waals surface area contributed by atoms with Gasteiger partial charge in [-0.15, -0.1) is 0 Å². The van der Waals surface area contributed by atoms with E-state index >= 15 is 0 Å². The molecule has 1 N–H and O–H groups in total. The van der Waals surface area contributed by atoms with Crippen LogP contribution in [0, 0.1) is 11.3 Å². The van der Waals surface area contributed by atoms with Gasteiger partial charge in [0, 0.05) is 42.2 Å². The van der Waals surface area contributed by atoms with Gasteiger partial charge in [-0.05, 0) is 23.3 Å². The molecular weight excluding hydrogens is 382 g/mol. The van der Waals surface area contributed by atoms with Gasteiger partial charge in [-0.1, -0.05) is 35.4 Å². The van der Waals surface area contributed by atoms with E-state index in [-0.39, 0.29) is 0 Å². The van der Waals surface area contributed by atoms with E-state index in [1.54, 1.807) is 12.3 Å². The average Bonchev–Trinajstić information content (AvgIpc) is 3.13. The van der Waals surface area contributed by atoms with Gasteiger partial charge in [0.15, 0.2) is 0 Å². The number of aromatic nitrogens is 3. The summed E-state index contributed by atoms with van der Waals surface area (Å²) < 4.78 is 11.5. The third-order valence-corrected chi connectivity index (χ3v) is 6.69. The van der Waals surface area contributed by atoms with Crippen LogP contribution >= 0.6 is 0 Å². The third-order valence-electron chi connectivity index (χ3n) is 5.41. The van der Waals surface area contributed by atoms with Gasteiger partial charge < -0.3 is 9.54 Å². The SMILES string of the molecule is N#Cc1cc2c(cn1)[nH]c1ncc(-c3ccc(CN4CC[S+]([O-])CC4)cc3)cc12. The van der Waals surface area contributed by atoms with E-state index in [4.69, 9.17) is 5.26 Å². The lowest BCUT2D eigenvalue weighted by atomic mass is 10.0. The van der Waals surface area contributed by atoms with Crippen molar-refractivity contribution in [3.05, 3.63) is 60.0 Å². The molecule has 0 aliphatic carbocycles. The highest BCUT2D eigenvalue weighted by molar-refractivity contribution is 7.91. The Bertz CT molecular complexity index is 1220. The van der Waals surface area contributed by atoms with Gasteiger partial charge in [-0.3, -0.25) is 4.90 Å². The summed E-state index contributed by atoms with van der Waals surface area (Å²) in [6, 6.07) is 14.6. The molecule has 3 aromatic heterocycles. The molecule has 0 amide bonds. The normalized spacial score (nSPS) is 15.7. The maximum absolute atomic E-state index is 11.5. The van der Waals surface area contributed by atoms with Crippen molar-refractivity contribution in [3.8, 4) is 17.2 Å². The van der Waals surface area contributed by atoms with Crippen LogP contribution < -0.4 is 0 Å². The molecule has 0 unspecified atom stereocenters. The molecule has 1 saturated heterocycles. The molecule has 29 heavy (non-hydrogen) atoms. The molecule has 1 aliphatic rings. The summed E-state index contributed by atoms with van der Waals surface area (Å²) >= 11 is -0.641. The van der Waals surface area contributed by atoms with Gasteiger partial charge in [0.1, 0.15) is 28.9 Å². The van der Waals surface area contributed by atoms with Gasteiger partial charge >= 0.3 is 0 Å². The fourth-order valence-electron chi connectivity index (χ4n) is 3.79. The van der Waals surface area contributed by atoms with Crippen LogP contribution in [0.3, 0.4) is 0 Å². The number of hydrogen-bond donors (Lipinski definition) is 1. The van der Waals surface area contributed by atoms with E-state index in [0.717, 1.165) is 64.2 Å². The van der Waals surface area contributed by atoms with Crippen LogP contribution in [0.15, 0.2) is 48.8 Å². The van der Waals surface area contributed by atoms with Crippen molar-refractivity contribution in [3.63, 3.8) is 0 Å². The van der Waals surface area contributed by atoms with Crippen LogP contribution in [0.25, 0.3) is 33.1 Å². The number of nitrogens with zero attached hydrogens (tertiary/aromatic N) is 4. The number of rotatable bonds is 3. The van der Waals surface area contributed by atoms with Crippen molar-refractivity contribution >= 4 is 33.1 Å². The second kappa shape index (κ2) is 7.48. The smallest absolute Gasteiger partial charge is 0.141 e. The minimum atomic E-state index is -0.641. The minimum Gasteiger partial charge on any atom is -0.616 e. The maximum Gasteiger partial charge on any atom is 0.141 e. The van der Waals surface area contributed by atoms with Gasteiger partial charge in [0.2, 0.25) is 0 Å². The predicted octanol–water partition coefficient (Wildman–Crippen LogP) is 3.21. The zero-order valence-corrected chi connectivity index (χ0v) is 16.6. The molecule has 1 aromatic carbocycles. The molecule has 1 aliphatic heterocycles. The third kappa shape index (κ3) is 3.58. The Kier molecular flexibility index (Phi) is 4.68. The van der Waals surface area contributed by atoms with Crippen LogP contribution in [0.5, 0.6) is 0 Å². The van der Waals surface area contributed by atoms with Crippen molar-refractivity contribution < 1.29 is 4.55 Å². The van der Waals surface area contributed by atoms with E-state index in [0.29, 0.717) is 5.69 Å². The topological polar surface area (TPSA) is 91.7 Å². The van der Waals surface area contributed by atoms with Crippen molar-refractivity contribution in [1.29, 1.82) is 5.26 Å². The second-order valence-corrected chi connectivity index (χ2v) is 8.99. The number of nitrogens with one attached hydrogen (secondary N) is 1. The van der Waals surface area contributed by atoms with Crippen molar-refractivity contribution in [2.24, 2.45) is 0 Å². The van der Waals surface area contributed by atoms with Gasteiger partial charge in [-0.2, -0.15) is 5.26 Å². The Morgan fingerprint density at radius 3 is 2.59 bits per heavy atom. The molecule has 0 radical (unpaired) electrons. The fourth-order valence-corrected chi connectivity index (χ4v) is 4.92. The number of benzene rings is 1. The van der Waals surface area contributed by atoms with Gasteiger partial charge in [-0.25, -0.2) is 9.97 Å². The Morgan fingerprint density at radius 2 is 1.83 bits per heavy atom. The summed E-state index contributed by atoms with van der Waals surface area (Å²) in [5.74, 6) is 1.55. The lowest BCUT2D eigenvalue weighted by Gasteiger charge is -2.28. The second-order valence-electron chi connectivity index (χ2n) is 7.29. The maximum atomic E-state index is 11.5. The zero-order chi connectivity index (χ0) is 19.8. The highest BCUT2D eigenvalue weighted by atomic mass is 32.2. The summed E-state index contributed by atoms with van der Waals surface area (Å²) in [5, 5.41) is 11.1. The number of H-pyrrole nitrogens is 1. The zero-order valence-electron chi connectivity index (χ0n) is 15.8. The Balaban J connectivity index is 1.42. The first kappa shape index (κ1) is 18.1. The molecule has 144 valence electrons. The molecule has 0 atom stereocenters. The van der Waals surface area contributed by atoms with Crippen molar-refractivity contribution in [2.75, 3.05) is 24.6 Å². The van der Waals surface area contributed by atoms with Crippen LogP contribution in [0.4, 0.5) is 0 Å². The predicted molar refractivity (Wildman–Crippen MR) is 115 cm³/mol. The van der Waals surface area contributed by atoms with E-state index in [1.807, 2.05) is 6.20 Å².